The van der Waals surface area contributed by atoms with Crippen LogP contribution in [0.3, 0.4) is 0 Å². The van der Waals surface area contributed by atoms with Gasteiger partial charge >= 0.3 is 23.6 Å². The van der Waals surface area contributed by atoms with Crippen molar-refractivity contribution in [3.05, 3.63) is 39.2 Å². The summed E-state index contributed by atoms with van der Waals surface area (Å²) in [5.74, 6) is -2.96. The Labute approximate surface area is 163 Å². The summed E-state index contributed by atoms with van der Waals surface area (Å²) in [7, 11) is 0. The van der Waals surface area contributed by atoms with Crippen LogP contribution in [-0.4, -0.2) is 52.4 Å². The third kappa shape index (κ3) is 4.74. The van der Waals surface area contributed by atoms with E-state index >= 15 is 0 Å². The van der Waals surface area contributed by atoms with Gasteiger partial charge in [-0.25, -0.2) is 4.79 Å². The average molecular weight is 399 g/mol. The van der Waals surface area contributed by atoms with E-state index in [1.54, 1.807) is 0 Å². The van der Waals surface area contributed by atoms with Crippen LogP contribution < -0.4 is 11.2 Å². The van der Waals surface area contributed by atoms with Crippen molar-refractivity contribution in [2.45, 2.75) is 45.2 Å². The van der Waals surface area contributed by atoms with Crippen LogP contribution >= 0.6 is 0 Å². The first-order chi connectivity index (χ1) is 14.7. The molecule has 11 nitrogen and oxygen atoms in total. The van der Waals surface area contributed by atoms with Gasteiger partial charge < -0.3 is 18.9 Å². The minimum Gasteiger partial charge on any atom is -0.463 e. The third-order valence-corrected chi connectivity index (χ3v) is 3.72. The molecule has 2 heterocycles. The normalized spacial score (nSPS) is 25.1. The maximum atomic E-state index is 12.4. The second kappa shape index (κ2) is 8.65. The number of nitrogens with zero attached hydrogens (tertiary/aromatic N) is 1. The summed E-state index contributed by atoms with van der Waals surface area (Å²) in [5, 5.41) is 0. The van der Waals surface area contributed by atoms with E-state index < -0.39 is 81.0 Å². The van der Waals surface area contributed by atoms with Crippen molar-refractivity contribution < 1.29 is 37.4 Å². The molecule has 4 atom stereocenters. The molecule has 1 aromatic heterocycles. The monoisotopic (exact) mass is 399 g/mol. The third-order valence-electron chi connectivity index (χ3n) is 3.72. The summed E-state index contributed by atoms with van der Waals surface area (Å²) >= 11 is 0. The molecule has 0 aromatic carbocycles. The molecule has 1 saturated heterocycles. The van der Waals surface area contributed by atoms with E-state index in [-0.39, 0.29) is 5.56 Å². The van der Waals surface area contributed by atoms with Gasteiger partial charge in [-0.15, -0.1) is 0 Å². The standard InChI is InChI=1S/C17H20N2O9/c1-5-11-6-19(17(24)18-15(11)23)16-14(27-10(4)22)13(26-9(3)21)12(28-16)7-25-8(2)20/h5-6,12-14,16H,1,7H2,2-4H3,(H,18,23,24)/t12-,13+,14-,16?/m1/s1/i2D,3D,4D. The summed E-state index contributed by atoms with van der Waals surface area (Å²) in [4.78, 5) is 61.2. The minimum absolute atomic E-state index is 0.0162. The maximum absolute atomic E-state index is 12.4. The van der Waals surface area contributed by atoms with Gasteiger partial charge in [0.1, 0.15) is 12.7 Å². The number of hydrogen-bond acceptors (Lipinski definition) is 9. The molecule has 1 aliphatic heterocycles. The van der Waals surface area contributed by atoms with Crippen LogP contribution in [-0.2, 0) is 33.3 Å². The summed E-state index contributed by atoms with van der Waals surface area (Å²) in [6, 6.07) is 0. The van der Waals surface area contributed by atoms with Crippen LogP contribution in [0.25, 0.3) is 6.08 Å². The number of ether oxygens (including phenoxy) is 4. The number of aromatic amines is 1. The quantitative estimate of drug-likeness (QED) is 0.495. The highest BCUT2D eigenvalue weighted by Crippen LogP contribution is 2.33. The number of esters is 3. The fourth-order valence-corrected chi connectivity index (χ4v) is 2.65. The van der Waals surface area contributed by atoms with Crippen LogP contribution in [0.15, 0.2) is 22.4 Å². The van der Waals surface area contributed by atoms with Crippen LogP contribution in [0.5, 0.6) is 0 Å². The SMILES string of the molecule is [2H]CC(=O)OC[C@H]1OC(n2cc(C=C)c(=O)[nH]c2=O)[C@H](OC(=O)C[2H])[C@H]1OC(=O)C[2H]. The van der Waals surface area contributed by atoms with E-state index in [4.69, 9.17) is 23.1 Å². The fraction of sp³-hybridized carbons (Fsp3) is 0.471. The van der Waals surface area contributed by atoms with Crippen LogP contribution in [0.2, 0.25) is 0 Å². The summed E-state index contributed by atoms with van der Waals surface area (Å²) < 4.78 is 43.0. The second-order valence-electron chi connectivity index (χ2n) is 5.61. The highest BCUT2D eigenvalue weighted by molar-refractivity contribution is 5.68. The predicted molar refractivity (Wildman–Crippen MR) is 93.1 cm³/mol. The number of rotatable bonds is 6. The molecule has 28 heavy (non-hydrogen) atoms. The molecule has 0 radical (unpaired) electrons. The van der Waals surface area contributed by atoms with Crippen molar-refractivity contribution in [1.29, 1.82) is 0 Å². The number of H-pyrrole nitrogens is 1. The Morgan fingerprint density at radius 2 is 1.86 bits per heavy atom. The molecule has 1 fully saturated rings. The molecule has 1 N–H and O–H groups in total. The lowest BCUT2D eigenvalue weighted by Gasteiger charge is -2.24. The molecular weight excluding hydrogens is 376 g/mol. The number of carbonyl (C=O) groups is 3. The number of hydrogen-bond donors (Lipinski definition) is 1. The van der Waals surface area contributed by atoms with Gasteiger partial charge in [0.25, 0.3) is 5.56 Å². The minimum atomic E-state index is -1.48. The van der Waals surface area contributed by atoms with Gasteiger partial charge in [0.15, 0.2) is 18.4 Å². The van der Waals surface area contributed by atoms with E-state index in [0.717, 1.165) is 10.8 Å². The molecule has 0 spiro atoms. The Morgan fingerprint density at radius 1 is 1.21 bits per heavy atom. The molecule has 1 aromatic rings. The lowest BCUT2D eigenvalue weighted by atomic mass is 10.1. The van der Waals surface area contributed by atoms with Gasteiger partial charge in [0.05, 0.1) is 5.56 Å². The Kier molecular flexibility index (Phi) is 5.23. The van der Waals surface area contributed by atoms with Crippen molar-refractivity contribution in [3.63, 3.8) is 0 Å². The van der Waals surface area contributed by atoms with Gasteiger partial charge in [-0.2, -0.15) is 0 Å². The number of carbonyl (C=O) groups excluding carboxylic acids is 3. The fourth-order valence-electron chi connectivity index (χ4n) is 2.65. The smallest absolute Gasteiger partial charge is 0.330 e. The Balaban J connectivity index is 2.51. The van der Waals surface area contributed by atoms with E-state index in [0.29, 0.717) is 0 Å². The Hall–Kier alpha value is -3.21. The lowest BCUT2D eigenvalue weighted by Crippen LogP contribution is -2.42. The van der Waals surface area contributed by atoms with Crippen LogP contribution in [0, 0.1) is 0 Å². The first kappa shape index (κ1) is 16.9. The van der Waals surface area contributed by atoms with E-state index in [1.165, 1.54) is 6.08 Å². The van der Waals surface area contributed by atoms with Crippen LogP contribution in [0.1, 0.15) is 36.6 Å². The van der Waals surface area contributed by atoms with Crippen molar-refractivity contribution in [3.8, 4) is 0 Å². The van der Waals surface area contributed by atoms with E-state index in [9.17, 15) is 24.0 Å². The van der Waals surface area contributed by atoms with Crippen molar-refractivity contribution >= 4 is 24.0 Å². The lowest BCUT2D eigenvalue weighted by molar-refractivity contribution is -0.166. The van der Waals surface area contributed by atoms with Gasteiger partial charge in [0, 0.05) is 31.0 Å². The zero-order valence-corrected chi connectivity index (χ0v) is 14.6. The van der Waals surface area contributed by atoms with Crippen molar-refractivity contribution in [2.75, 3.05) is 6.61 Å². The highest BCUT2D eigenvalue weighted by atomic mass is 16.7. The topological polar surface area (TPSA) is 143 Å². The summed E-state index contributed by atoms with van der Waals surface area (Å²) in [6.07, 6.45) is -3.33. The zero-order chi connectivity index (χ0) is 23.1. The van der Waals surface area contributed by atoms with E-state index in [1.807, 2.05) is 4.98 Å². The summed E-state index contributed by atoms with van der Waals surface area (Å²) in [5.41, 5.74) is -1.69. The van der Waals surface area contributed by atoms with Crippen LogP contribution in [0.4, 0.5) is 0 Å². The Bertz CT molecular complexity index is 961. The van der Waals surface area contributed by atoms with Gasteiger partial charge in [0.2, 0.25) is 0 Å². The highest BCUT2D eigenvalue weighted by Gasteiger charge is 2.50. The first-order valence-electron chi connectivity index (χ1n) is 9.93. The molecule has 2 rings (SSSR count). The summed E-state index contributed by atoms with van der Waals surface area (Å²) in [6.45, 7) is 0.675. The van der Waals surface area contributed by atoms with Gasteiger partial charge in [-0.3, -0.25) is 28.7 Å². The molecule has 0 bridgehead atoms. The molecule has 1 unspecified atom stereocenters. The second-order valence-corrected chi connectivity index (χ2v) is 5.61. The number of nitrogens with one attached hydrogen (secondary N) is 1. The molecule has 0 amide bonds. The molecule has 1 aliphatic rings. The largest absolute Gasteiger partial charge is 0.463 e. The average Bonchev–Trinajstić information content (AvgIpc) is 3.08. The molecule has 0 aliphatic carbocycles. The zero-order valence-electron chi connectivity index (χ0n) is 17.6. The number of aromatic nitrogens is 2. The van der Waals surface area contributed by atoms with Crippen molar-refractivity contribution in [2.24, 2.45) is 0 Å². The van der Waals surface area contributed by atoms with Crippen molar-refractivity contribution in [1.82, 2.24) is 9.55 Å². The predicted octanol–water partition coefficient (Wildman–Crippen LogP) is -0.496. The van der Waals surface area contributed by atoms with E-state index in [2.05, 4.69) is 6.58 Å². The van der Waals surface area contributed by atoms with Gasteiger partial charge in [-0.1, -0.05) is 12.7 Å². The molecule has 152 valence electrons. The maximum Gasteiger partial charge on any atom is 0.330 e. The molecular formula is C17H20N2O9. The Morgan fingerprint density at radius 3 is 2.46 bits per heavy atom. The molecule has 11 heteroatoms. The molecule has 0 saturated carbocycles. The first-order valence-corrected chi connectivity index (χ1v) is 7.81. The van der Waals surface area contributed by atoms with Gasteiger partial charge in [-0.05, 0) is 0 Å².